The monoisotopic (exact) mass is 452 g/mol. The smallest absolute Gasteiger partial charge is 0.270 e. The Balaban J connectivity index is 1.85. The summed E-state index contributed by atoms with van der Waals surface area (Å²) in [6.07, 6.45) is 2.48. The van der Waals surface area contributed by atoms with Crippen molar-refractivity contribution in [3.8, 4) is 0 Å². The number of sulfonamides is 1. The number of benzene rings is 3. The van der Waals surface area contributed by atoms with E-state index >= 15 is 0 Å². The standard InChI is InChI=1S/C23H17ClN2O4S/c1-3-14-9-10-17(13-19(14)24)25-22(27)21-18-11-15-7-5-6-8-16(15)12-20(18)31(29,30)26(4-2)23(21)28/h3-13,21H,1-2H2,(H,25,27). The second-order valence-electron chi connectivity index (χ2n) is 6.92. The first-order chi connectivity index (χ1) is 14.8. The van der Waals surface area contributed by atoms with Crippen LogP contribution in [0.2, 0.25) is 5.02 Å². The molecule has 1 heterocycles. The van der Waals surface area contributed by atoms with Crippen molar-refractivity contribution in [3.63, 3.8) is 0 Å². The summed E-state index contributed by atoms with van der Waals surface area (Å²) in [5.41, 5.74) is 1.18. The number of amides is 2. The van der Waals surface area contributed by atoms with E-state index in [1.165, 1.54) is 12.1 Å². The number of rotatable bonds is 4. The first-order valence-corrected chi connectivity index (χ1v) is 11.1. The number of nitrogens with one attached hydrogen (secondary N) is 1. The largest absolute Gasteiger partial charge is 0.325 e. The molecule has 1 unspecified atom stereocenters. The van der Waals surface area contributed by atoms with Crippen molar-refractivity contribution in [2.24, 2.45) is 0 Å². The SMILES string of the molecule is C=Cc1ccc(NC(=O)C2C(=O)N(C=C)S(=O)(=O)c3cc4ccccc4cc32)cc1Cl. The summed E-state index contributed by atoms with van der Waals surface area (Å²) in [6, 6.07) is 15.0. The number of anilines is 1. The fourth-order valence-electron chi connectivity index (χ4n) is 3.60. The number of hydrogen-bond donors (Lipinski definition) is 1. The van der Waals surface area contributed by atoms with Crippen molar-refractivity contribution in [2.75, 3.05) is 5.32 Å². The summed E-state index contributed by atoms with van der Waals surface area (Å²) in [6.45, 7) is 7.10. The maximum absolute atomic E-state index is 13.2. The van der Waals surface area contributed by atoms with Gasteiger partial charge in [0.25, 0.3) is 15.9 Å². The molecule has 31 heavy (non-hydrogen) atoms. The third kappa shape index (κ3) is 3.41. The minimum Gasteiger partial charge on any atom is -0.325 e. The normalized spacial score (nSPS) is 17.1. The Morgan fingerprint density at radius 2 is 1.74 bits per heavy atom. The van der Waals surface area contributed by atoms with E-state index in [-0.39, 0.29) is 10.5 Å². The van der Waals surface area contributed by atoms with Crippen molar-refractivity contribution in [3.05, 3.63) is 90.1 Å². The van der Waals surface area contributed by atoms with Crippen molar-refractivity contribution >= 4 is 56.0 Å². The van der Waals surface area contributed by atoms with E-state index in [4.69, 9.17) is 11.6 Å². The Morgan fingerprint density at radius 3 is 2.35 bits per heavy atom. The van der Waals surface area contributed by atoms with Gasteiger partial charge in [0.2, 0.25) is 5.91 Å². The molecule has 0 radical (unpaired) electrons. The summed E-state index contributed by atoms with van der Waals surface area (Å²) < 4.78 is 26.5. The van der Waals surface area contributed by atoms with Gasteiger partial charge in [0.05, 0.1) is 4.90 Å². The number of carbonyl (C=O) groups excluding carboxylic acids is 2. The highest BCUT2D eigenvalue weighted by molar-refractivity contribution is 7.90. The molecule has 0 fully saturated rings. The summed E-state index contributed by atoms with van der Waals surface area (Å²) in [7, 11) is -4.18. The maximum Gasteiger partial charge on any atom is 0.270 e. The van der Waals surface area contributed by atoms with Gasteiger partial charge in [-0.25, -0.2) is 12.7 Å². The highest BCUT2D eigenvalue weighted by atomic mass is 35.5. The molecule has 8 heteroatoms. The molecule has 3 aromatic rings. The van der Waals surface area contributed by atoms with Crippen LogP contribution in [0.15, 0.2) is 78.9 Å². The average Bonchev–Trinajstić information content (AvgIpc) is 2.73. The molecule has 1 aliphatic rings. The molecular weight excluding hydrogens is 436 g/mol. The Labute approximate surface area is 184 Å². The number of hydrogen-bond acceptors (Lipinski definition) is 4. The fourth-order valence-corrected chi connectivity index (χ4v) is 5.36. The van der Waals surface area contributed by atoms with Crippen LogP contribution in [0.5, 0.6) is 0 Å². The highest BCUT2D eigenvalue weighted by Crippen LogP contribution is 2.38. The van der Waals surface area contributed by atoms with Gasteiger partial charge in [-0.15, -0.1) is 0 Å². The van der Waals surface area contributed by atoms with Crippen LogP contribution in [-0.2, 0) is 19.6 Å². The van der Waals surface area contributed by atoms with Crippen LogP contribution < -0.4 is 5.32 Å². The van der Waals surface area contributed by atoms with Crippen molar-refractivity contribution < 1.29 is 18.0 Å². The van der Waals surface area contributed by atoms with E-state index in [1.54, 1.807) is 48.5 Å². The lowest BCUT2D eigenvalue weighted by Gasteiger charge is -2.31. The highest BCUT2D eigenvalue weighted by Gasteiger charge is 2.45. The van der Waals surface area contributed by atoms with Gasteiger partial charge in [0.1, 0.15) is 5.92 Å². The van der Waals surface area contributed by atoms with Gasteiger partial charge in [0, 0.05) is 16.9 Å². The van der Waals surface area contributed by atoms with Gasteiger partial charge < -0.3 is 5.32 Å². The van der Waals surface area contributed by atoms with Gasteiger partial charge >= 0.3 is 0 Å². The zero-order chi connectivity index (χ0) is 22.3. The zero-order valence-corrected chi connectivity index (χ0v) is 17.8. The number of nitrogens with zero attached hydrogens (tertiary/aromatic N) is 1. The van der Waals surface area contributed by atoms with Crippen molar-refractivity contribution in [1.29, 1.82) is 0 Å². The van der Waals surface area contributed by atoms with E-state index in [2.05, 4.69) is 18.5 Å². The van der Waals surface area contributed by atoms with E-state index in [9.17, 15) is 18.0 Å². The molecule has 0 saturated heterocycles. The van der Waals surface area contributed by atoms with Crippen LogP contribution in [0.4, 0.5) is 5.69 Å². The third-order valence-electron chi connectivity index (χ3n) is 5.11. The fraction of sp³-hybridized carbons (Fsp3) is 0.0435. The summed E-state index contributed by atoms with van der Waals surface area (Å²) in [4.78, 5) is 26.1. The first-order valence-electron chi connectivity index (χ1n) is 9.24. The maximum atomic E-state index is 13.2. The predicted octanol–water partition coefficient (Wildman–Crippen LogP) is 4.53. The lowest BCUT2D eigenvalue weighted by Crippen LogP contribution is -2.45. The summed E-state index contributed by atoms with van der Waals surface area (Å²) in [5.74, 6) is -2.95. The van der Waals surface area contributed by atoms with Gasteiger partial charge in [-0.05, 0) is 46.2 Å². The van der Waals surface area contributed by atoms with E-state index < -0.39 is 27.8 Å². The molecule has 156 valence electrons. The predicted molar refractivity (Wildman–Crippen MR) is 121 cm³/mol. The molecule has 0 saturated carbocycles. The second-order valence-corrected chi connectivity index (χ2v) is 9.11. The quantitative estimate of drug-likeness (QED) is 0.589. The summed E-state index contributed by atoms with van der Waals surface area (Å²) >= 11 is 6.17. The number of fused-ring (bicyclic) bond motifs is 2. The molecule has 1 N–H and O–H groups in total. The van der Waals surface area contributed by atoms with Crippen LogP contribution in [0.1, 0.15) is 17.0 Å². The number of carbonyl (C=O) groups is 2. The first kappa shape index (κ1) is 20.8. The average molecular weight is 453 g/mol. The molecule has 2 amide bonds. The molecule has 1 atom stereocenters. The Hall–Kier alpha value is -3.42. The second kappa shape index (κ2) is 7.68. The van der Waals surface area contributed by atoms with Gasteiger partial charge in [-0.1, -0.05) is 61.2 Å². The minimum atomic E-state index is -4.18. The van der Waals surface area contributed by atoms with Gasteiger partial charge in [-0.2, -0.15) is 0 Å². The molecule has 0 spiro atoms. The molecular formula is C23H17ClN2O4S. The molecule has 0 aliphatic carbocycles. The lowest BCUT2D eigenvalue weighted by atomic mass is 9.94. The van der Waals surface area contributed by atoms with E-state index in [0.29, 0.717) is 31.4 Å². The topological polar surface area (TPSA) is 83.6 Å². The Bertz CT molecular complexity index is 1380. The summed E-state index contributed by atoms with van der Waals surface area (Å²) in [5, 5.41) is 4.43. The van der Waals surface area contributed by atoms with Gasteiger partial charge in [0.15, 0.2) is 0 Å². The minimum absolute atomic E-state index is 0.106. The molecule has 3 aromatic carbocycles. The molecule has 1 aliphatic heterocycles. The third-order valence-corrected chi connectivity index (χ3v) is 7.19. The van der Waals surface area contributed by atoms with E-state index in [0.717, 1.165) is 6.20 Å². The van der Waals surface area contributed by atoms with Crippen LogP contribution in [0.3, 0.4) is 0 Å². The van der Waals surface area contributed by atoms with Crippen LogP contribution in [0.25, 0.3) is 16.8 Å². The van der Waals surface area contributed by atoms with Crippen molar-refractivity contribution in [2.45, 2.75) is 10.8 Å². The molecule has 0 bridgehead atoms. The molecule has 4 rings (SSSR count). The van der Waals surface area contributed by atoms with E-state index in [1.807, 2.05) is 0 Å². The Kier molecular flexibility index (Phi) is 5.16. The molecule has 0 aromatic heterocycles. The number of halogens is 1. The van der Waals surface area contributed by atoms with Crippen LogP contribution >= 0.6 is 11.6 Å². The van der Waals surface area contributed by atoms with Crippen LogP contribution in [-0.4, -0.2) is 24.5 Å². The lowest BCUT2D eigenvalue weighted by molar-refractivity contribution is -0.132. The molecule has 6 nitrogen and oxygen atoms in total. The Morgan fingerprint density at radius 1 is 1.06 bits per heavy atom. The zero-order valence-electron chi connectivity index (χ0n) is 16.2. The van der Waals surface area contributed by atoms with Crippen LogP contribution in [0, 0.1) is 0 Å². The van der Waals surface area contributed by atoms with Gasteiger partial charge in [-0.3, -0.25) is 9.59 Å². The van der Waals surface area contributed by atoms with Crippen molar-refractivity contribution in [1.82, 2.24) is 4.31 Å².